The van der Waals surface area contributed by atoms with Gasteiger partial charge in [0.1, 0.15) is 0 Å². The van der Waals surface area contributed by atoms with E-state index >= 15 is 0 Å². The van der Waals surface area contributed by atoms with E-state index in [0.29, 0.717) is 5.56 Å². The van der Waals surface area contributed by atoms with E-state index in [1.54, 1.807) is 25.4 Å². The summed E-state index contributed by atoms with van der Waals surface area (Å²) in [6.45, 7) is 0. The molecule has 0 unspecified atom stereocenters. The van der Waals surface area contributed by atoms with Crippen LogP contribution >= 0.6 is 12.4 Å². The van der Waals surface area contributed by atoms with Crippen LogP contribution in [0.3, 0.4) is 0 Å². The Kier molecular flexibility index (Phi) is 4.22. The van der Waals surface area contributed by atoms with Crippen molar-refractivity contribution in [2.45, 2.75) is 0 Å². The average molecular weight is 173 g/mol. The van der Waals surface area contributed by atoms with E-state index in [0.717, 1.165) is 0 Å². The lowest BCUT2D eigenvalue weighted by Crippen LogP contribution is -2.17. The second-order valence-electron chi connectivity index (χ2n) is 1.82. The maximum Gasteiger partial charge on any atom is 0.252 e. The van der Waals surface area contributed by atoms with Crippen LogP contribution in [0.4, 0.5) is 0 Å². The summed E-state index contributed by atoms with van der Waals surface area (Å²) in [5.41, 5.74) is 0.588. The molecule has 0 saturated heterocycles. The van der Waals surface area contributed by atoms with Crippen LogP contribution in [0, 0.1) is 0 Å². The Bertz CT molecular complexity index is 225. The van der Waals surface area contributed by atoms with Crippen LogP contribution in [0.2, 0.25) is 0 Å². The Morgan fingerprint density at radius 3 is 2.82 bits per heavy atom. The fourth-order valence-corrected chi connectivity index (χ4v) is 0.641. The molecular weight excluding hydrogens is 164 g/mol. The number of carbonyl (C=O) groups is 1. The lowest BCUT2D eigenvalue weighted by Gasteiger charge is -1.95. The van der Waals surface area contributed by atoms with Crippen molar-refractivity contribution >= 4 is 18.3 Å². The SMILES string of the molecule is CNC(=O)c1cccnc1.Cl. The molecule has 60 valence electrons. The molecule has 0 aliphatic carbocycles. The van der Waals surface area contributed by atoms with Crippen molar-refractivity contribution in [1.29, 1.82) is 0 Å². The summed E-state index contributed by atoms with van der Waals surface area (Å²) < 4.78 is 0. The number of pyridine rings is 1. The standard InChI is InChI=1S/C7H8N2O.ClH/c1-8-7(10)6-3-2-4-9-5-6;/h2-5H,1H3,(H,8,10);1H. The Morgan fingerprint density at radius 1 is 1.64 bits per heavy atom. The van der Waals surface area contributed by atoms with E-state index in [9.17, 15) is 4.79 Å². The van der Waals surface area contributed by atoms with Crippen LogP contribution in [0.5, 0.6) is 0 Å². The summed E-state index contributed by atoms with van der Waals surface area (Å²) >= 11 is 0. The van der Waals surface area contributed by atoms with Crippen LogP contribution in [0.15, 0.2) is 24.5 Å². The van der Waals surface area contributed by atoms with Crippen LogP contribution in [0.25, 0.3) is 0 Å². The molecule has 0 aromatic carbocycles. The van der Waals surface area contributed by atoms with Gasteiger partial charge in [0.05, 0.1) is 5.56 Å². The van der Waals surface area contributed by atoms with Crippen molar-refractivity contribution in [2.75, 3.05) is 7.05 Å². The Balaban J connectivity index is 0.000001000. The Hall–Kier alpha value is -1.09. The van der Waals surface area contributed by atoms with Crippen molar-refractivity contribution in [3.05, 3.63) is 30.1 Å². The zero-order valence-electron chi connectivity index (χ0n) is 6.07. The van der Waals surface area contributed by atoms with Gasteiger partial charge in [0.15, 0.2) is 0 Å². The highest BCUT2D eigenvalue weighted by molar-refractivity contribution is 5.93. The predicted octanol–water partition coefficient (Wildman–Crippen LogP) is 0.863. The summed E-state index contributed by atoms with van der Waals surface area (Å²) in [5.74, 6) is -0.104. The highest BCUT2D eigenvalue weighted by atomic mass is 35.5. The molecule has 11 heavy (non-hydrogen) atoms. The summed E-state index contributed by atoms with van der Waals surface area (Å²) in [6.07, 6.45) is 3.16. The van der Waals surface area contributed by atoms with Crippen molar-refractivity contribution < 1.29 is 4.79 Å². The molecule has 0 aliphatic rings. The fourth-order valence-electron chi connectivity index (χ4n) is 0.641. The first-order valence-electron chi connectivity index (χ1n) is 2.96. The number of hydrogen-bond acceptors (Lipinski definition) is 2. The molecule has 1 heterocycles. The molecule has 0 saturated carbocycles. The molecule has 1 rings (SSSR count). The minimum atomic E-state index is -0.104. The molecule has 0 radical (unpaired) electrons. The molecule has 4 heteroatoms. The van der Waals surface area contributed by atoms with E-state index in [1.165, 1.54) is 6.20 Å². The molecule has 0 fully saturated rings. The predicted molar refractivity (Wildman–Crippen MR) is 44.9 cm³/mol. The molecule has 1 aromatic heterocycles. The Labute approximate surface area is 71.2 Å². The number of hydrogen-bond donors (Lipinski definition) is 1. The average Bonchev–Trinajstić information content (AvgIpc) is 2.05. The van der Waals surface area contributed by atoms with Gasteiger partial charge in [-0.15, -0.1) is 12.4 Å². The molecule has 0 bridgehead atoms. The molecular formula is C7H9ClN2O. The van der Waals surface area contributed by atoms with Crippen LogP contribution in [0.1, 0.15) is 10.4 Å². The minimum Gasteiger partial charge on any atom is -0.355 e. The van der Waals surface area contributed by atoms with E-state index < -0.39 is 0 Å². The van der Waals surface area contributed by atoms with Gasteiger partial charge in [0.25, 0.3) is 5.91 Å². The van der Waals surface area contributed by atoms with Gasteiger partial charge in [-0.3, -0.25) is 9.78 Å². The smallest absolute Gasteiger partial charge is 0.252 e. The van der Waals surface area contributed by atoms with E-state index in [2.05, 4.69) is 10.3 Å². The molecule has 0 aliphatic heterocycles. The summed E-state index contributed by atoms with van der Waals surface area (Å²) in [7, 11) is 1.59. The third-order valence-electron chi connectivity index (χ3n) is 1.15. The summed E-state index contributed by atoms with van der Waals surface area (Å²) in [5, 5.41) is 2.50. The van der Waals surface area contributed by atoms with Crippen LogP contribution in [-0.2, 0) is 0 Å². The number of aromatic nitrogens is 1. The topological polar surface area (TPSA) is 42.0 Å². The van der Waals surface area contributed by atoms with Gasteiger partial charge < -0.3 is 5.32 Å². The number of halogens is 1. The quantitative estimate of drug-likeness (QED) is 0.683. The number of amides is 1. The van der Waals surface area contributed by atoms with Crippen molar-refractivity contribution in [2.24, 2.45) is 0 Å². The minimum absolute atomic E-state index is 0. The van der Waals surface area contributed by atoms with Gasteiger partial charge in [-0.25, -0.2) is 0 Å². The fraction of sp³-hybridized carbons (Fsp3) is 0.143. The summed E-state index contributed by atoms with van der Waals surface area (Å²) in [6, 6.07) is 3.44. The third-order valence-corrected chi connectivity index (χ3v) is 1.15. The highest BCUT2D eigenvalue weighted by Gasteiger charge is 1.98. The first-order chi connectivity index (χ1) is 4.84. The molecule has 3 nitrogen and oxygen atoms in total. The van der Waals surface area contributed by atoms with Gasteiger partial charge in [-0.05, 0) is 12.1 Å². The normalized spacial score (nSPS) is 8.09. The Morgan fingerprint density at radius 2 is 2.36 bits per heavy atom. The lowest BCUT2D eigenvalue weighted by atomic mass is 10.3. The molecule has 1 aromatic rings. The maximum absolute atomic E-state index is 10.9. The lowest BCUT2D eigenvalue weighted by molar-refractivity contribution is 0.0963. The van der Waals surface area contributed by atoms with Crippen molar-refractivity contribution in [1.82, 2.24) is 10.3 Å². The molecule has 1 amide bonds. The second-order valence-corrected chi connectivity index (χ2v) is 1.82. The van der Waals surface area contributed by atoms with Gasteiger partial charge in [0.2, 0.25) is 0 Å². The monoisotopic (exact) mass is 172 g/mol. The van der Waals surface area contributed by atoms with Crippen LogP contribution < -0.4 is 5.32 Å². The number of rotatable bonds is 1. The first-order valence-corrected chi connectivity index (χ1v) is 2.96. The summed E-state index contributed by atoms with van der Waals surface area (Å²) in [4.78, 5) is 14.7. The van der Waals surface area contributed by atoms with Gasteiger partial charge in [0, 0.05) is 19.4 Å². The zero-order chi connectivity index (χ0) is 7.40. The number of nitrogens with one attached hydrogen (secondary N) is 1. The molecule has 1 N–H and O–H groups in total. The molecule has 0 atom stereocenters. The van der Waals surface area contributed by atoms with E-state index in [4.69, 9.17) is 0 Å². The van der Waals surface area contributed by atoms with Gasteiger partial charge in [-0.2, -0.15) is 0 Å². The zero-order valence-corrected chi connectivity index (χ0v) is 6.89. The van der Waals surface area contributed by atoms with Gasteiger partial charge in [-0.1, -0.05) is 0 Å². The first kappa shape index (κ1) is 9.91. The second kappa shape index (κ2) is 4.68. The van der Waals surface area contributed by atoms with Crippen LogP contribution in [-0.4, -0.2) is 17.9 Å². The number of carbonyl (C=O) groups excluding carboxylic acids is 1. The van der Waals surface area contributed by atoms with Crippen molar-refractivity contribution in [3.63, 3.8) is 0 Å². The number of nitrogens with zero attached hydrogens (tertiary/aromatic N) is 1. The van der Waals surface area contributed by atoms with Crippen molar-refractivity contribution in [3.8, 4) is 0 Å². The highest BCUT2D eigenvalue weighted by Crippen LogP contribution is 1.93. The largest absolute Gasteiger partial charge is 0.355 e. The molecule has 0 spiro atoms. The maximum atomic E-state index is 10.9. The van der Waals surface area contributed by atoms with E-state index in [-0.39, 0.29) is 18.3 Å². The van der Waals surface area contributed by atoms with Gasteiger partial charge >= 0.3 is 0 Å². The van der Waals surface area contributed by atoms with E-state index in [1.807, 2.05) is 0 Å². The third kappa shape index (κ3) is 2.55.